The van der Waals surface area contributed by atoms with E-state index in [9.17, 15) is 0 Å². The van der Waals surface area contributed by atoms with Crippen LogP contribution in [-0.2, 0) is 12.8 Å². The molecule has 4 atom stereocenters. The van der Waals surface area contributed by atoms with E-state index < -0.39 is 8.80 Å². The molecule has 0 amide bonds. The first-order chi connectivity index (χ1) is 25.2. The molecule has 2 nitrogen and oxygen atoms in total. The largest absolute Gasteiger partial charge is 0.488 e. The molecule has 1 aromatic heterocycles. The van der Waals surface area contributed by atoms with Crippen LogP contribution in [0.2, 0.25) is 6.55 Å². The number of ether oxygens (including phenoxy) is 1. The lowest BCUT2D eigenvalue weighted by atomic mass is 9.87. The topological polar surface area (TPSA) is 12.5 Å². The number of aryl methyl sites for hydroxylation is 2. The van der Waals surface area contributed by atoms with Crippen molar-refractivity contribution in [2.45, 2.75) is 82.4 Å². The zero-order valence-electron chi connectivity index (χ0n) is 29.3. The number of hydrogen-bond donors (Lipinski definition) is 0. The van der Waals surface area contributed by atoms with Gasteiger partial charge in [0.1, 0.15) is 20.7 Å². The molecule has 0 spiro atoms. The maximum absolute atomic E-state index is 6.81. The lowest BCUT2D eigenvalue weighted by molar-refractivity contribution is 0.206. The number of thiophene rings is 1. The van der Waals surface area contributed by atoms with Crippen molar-refractivity contribution in [3.63, 3.8) is 0 Å². The predicted molar refractivity (Wildman–Crippen MR) is 219 cm³/mol. The molecule has 51 heavy (non-hydrogen) atoms. The fraction of sp³-hybridized carbons (Fsp3) is 0.277. The average Bonchev–Trinajstić information content (AvgIpc) is 3.85. The van der Waals surface area contributed by atoms with Crippen LogP contribution in [0.1, 0.15) is 78.7 Å². The Morgan fingerprint density at radius 1 is 0.882 bits per heavy atom. The van der Waals surface area contributed by atoms with Crippen LogP contribution < -0.4 is 14.8 Å². The Hall–Kier alpha value is -4.38. The van der Waals surface area contributed by atoms with Crippen molar-refractivity contribution in [1.82, 2.24) is 0 Å². The van der Waals surface area contributed by atoms with Gasteiger partial charge in [-0.25, -0.2) is 0 Å². The monoisotopic (exact) mass is 697 g/mol. The minimum absolute atomic E-state index is 0.256. The molecule has 3 heterocycles. The summed E-state index contributed by atoms with van der Waals surface area (Å²) >= 11 is 1.95. The summed E-state index contributed by atoms with van der Waals surface area (Å²) in [5.41, 5.74) is 13.1. The number of rotatable bonds is 4. The smallest absolute Gasteiger partial charge is 0.133 e. The van der Waals surface area contributed by atoms with Gasteiger partial charge in [0.15, 0.2) is 0 Å². The number of benzene rings is 4. The molecule has 0 saturated carbocycles. The molecule has 0 N–H and O–H groups in total. The van der Waals surface area contributed by atoms with E-state index in [0.717, 1.165) is 37.9 Å². The molecule has 11 rings (SSSR count). The first-order valence-electron chi connectivity index (χ1n) is 19.3. The molecule has 4 heteroatoms. The molecule has 6 aliphatic rings. The molecule has 0 saturated heterocycles. The highest BCUT2D eigenvalue weighted by Gasteiger charge is 2.37. The number of nitrogens with zero attached hydrogens (tertiary/aromatic N) is 1. The third-order valence-electron chi connectivity index (χ3n) is 12.8. The molecule has 2 aliphatic heterocycles. The fourth-order valence-corrected chi connectivity index (χ4v) is 14.1. The highest BCUT2D eigenvalue weighted by molar-refractivity contribution is 7.26. The standard InChI is InChI=1S/C47H43NOSSi/c1-51-43-16-7-5-12-36(43)39-28-34(23-26-44(39)51)48(33-21-19-30(20-22-33)32-18-17-29-9-2-3-10-31(29)27-32)40-14-8-13-38-45-42(50-47(38)40)25-24-37-35-11-4-6-15-41(35)49-46(37)45/h4-5,7-8,11-14,16-19,21,24-28,34-35,41,51H,2-3,6,9-10,15,20,22-23H2,1H3. The number of allylic oxidation sites excluding steroid dienone is 7. The Kier molecular flexibility index (Phi) is 7.02. The lowest BCUT2D eigenvalue weighted by Crippen LogP contribution is -2.35. The van der Waals surface area contributed by atoms with Gasteiger partial charge in [-0.05, 0) is 109 Å². The van der Waals surface area contributed by atoms with Crippen LogP contribution >= 0.6 is 11.3 Å². The summed E-state index contributed by atoms with van der Waals surface area (Å²) in [6.07, 6.45) is 25.6. The van der Waals surface area contributed by atoms with Crippen molar-refractivity contribution in [3.8, 4) is 5.75 Å². The third-order valence-corrected chi connectivity index (χ3v) is 16.9. The minimum atomic E-state index is -1.15. The van der Waals surface area contributed by atoms with E-state index in [0.29, 0.717) is 5.92 Å². The summed E-state index contributed by atoms with van der Waals surface area (Å²) in [7, 11) is -1.15. The predicted octanol–water partition coefficient (Wildman–Crippen LogP) is 11.1. The van der Waals surface area contributed by atoms with Crippen LogP contribution in [0, 0.1) is 0 Å². The highest BCUT2D eigenvalue weighted by atomic mass is 32.1. The second-order valence-corrected chi connectivity index (χ2v) is 19.3. The van der Waals surface area contributed by atoms with Crippen LogP contribution in [0.3, 0.4) is 0 Å². The van der Waals surface area contributed by atoms with Gasteiger partial charge in [-0.3, -0.25) is 0 Å². The van der Waals surface area contributed by atoms with E-state index in [1.165, 1.54) is 85.1 Å². The normalized spacial score (nSPS) is 24.4. The van der Waals surface area contributed by atoms with Crippen molar-refractivity contribution in [2.75, 3.05) is 4.90 Å². The first kappa shape index (κ1) is 30.3. The summed E-state index contributed by atoms with van der Waals surface area (Å²) < 4.78 is 9.52. The molecule has 0 fully saturated rings. The van der Waals surface area contributed by atoms with Crippen molar-refractivity contribution in [2.24, 2.45) is 0 Å². The second kappa shape index (κ2) is 11.8. The summed E-state index contributed by atoms with van der Waals surface area (Å²) in [5, 5.41) is 5.90. The van der Waals surface area contributed by atoms with Crippen LogP contribution in [-0.4, -0.2) is 20.9 Å². The molecule has 252 valence electrons. The van der Waals surface area contributed by atoms with E-state index in [1.807, 2.05) is 11.3 Å². The van der Waals surface area contributed by atoms with Gasteiger partial charge in [0.25, 0.3) is 0 Å². The highest BCUT2D eigenvalue weighted by Crippen LogP contribution is 2.52. The minimum Gasteiger partial charge on any atom is -0.488 e. The van der Waals surface area contributed by atoms with Crippen LogP contribution in [0.15, 0.2) is 120 Å². The quantitative estimate of drug-likeness (QED) is 0.137. The Bertz CT molecular complexity index is 2440. The second-order valence-electron chi connectivity index (χ2n) is 15.6. The molecule has 5 aromatic rings. The number of anilines is 1. The van der Waals surface area contributed by atoms with E-state index >= 15 is 0 Å². The van der Waals surface area contributed by atoms with Gasteiger partial charge in [-0.2, -0.15) is 0 Å². The fourth-order valence-electron chi connectivity index (χ4n) is 10.2. The van der Waals surface area contributed by atoms with Crippen molar-refractivity contribution < 1.29 is 4.74 Å². The Balaban J connectivity index is 1.05. The van der Waals surface area contributed by atoms with Gasteiger partial charge in [0.2, 0.25) is 0 Å². The van der Waals surface area contributed by atoms with E-state index in [-0.39, 0.29) is 12.1 Å². The van der Waals surface area contributed by atoms with Crippen LogP contribution in [0.25, 0.3) is 31.3 Å². The lowest BCUT2D eigenvalue weighted by Gasteiger charge is -2.37. The first-order valence-corrected chi connectivity index (χ1v) is 22.5. The van der Waals surface area contributed by atoms with Crippen molar-refractivity contribution in [3.05, 3.63) is 148 Å². The van der Waals surface area contributed by atoms with Crippen molar-refractivity contribution >= 4 is 62.3 Å². The van der Waals surface area contributed by atoms with E-state index in [1.54, 1.807) is 21.5 Å². The molecular formula is C47H43NOSSi. The van der Waals surface area contributed by atoms with Crippen LogP contribution in [0.5, 0.6) is 5.75 Å². The SMILES string of the molecule is C[SiH]1C2=CCC(N(C3=CC=C(c4ccc5c(c4)CCCC5)CC3)c3cccc4c3sc3ccc5c(c34)OC3CCC=CC53)C=C2c2ccccc21. The van der Waals surface area contributed by atoms with Crippen molar-refractivity contribution in [1.29, 1.82) is 0 Å². The van der Waals surface area contributed by atoms with Gasteiger partial charge in [0.05, 0.1) is 16.4 Å². The third kappa shape index (κ3) is 4.72. The van der Waals surface area contributed by atoms with E-state index in [2.05, 4.69) is 121 Å². The van der Waals surface area contributed by atoms with Gasteiger partial charge in [-0.15, -0.1) is 11.3 Å². The van der Waals surface area contributed by atoms with Gasteiger partial charge in [-0.1, -0.05) is 108 Å². The Morgan fingerprint density at radius 2 is 1.80 bits per heavy atom. The average molecular weight is 698 g/mol. The molecule has 4 aliphatic carbocycles. The number of hydrogen-bond acceptors (Lipinski definition) is 3. The van der Waals surface area contributed by atoms with Gasteiger partial charge >= 0.3 is 0 Å². The molecular weight excluding hydrogens is 655 g/mol. The van der Waals surface area contributed by atoms with Crippen LogP contribution in [0.4, 0.5) is 5.69 Å². The van der Waals surface area contributed by atoms with E-state index in [4.69, 9.17) is 4.74 Å². The maximum Gasteiger partial charge on any atom is 0.133 e. The number of fused-ring (bicyclic) bond motifs is 11. The summed E-state index contributed by atoms with van der Waals surface area (Å²) in [4.78, 5) is 2.73. The molecule has 4 unspecified atom stereocenters. The summed E-state index contributed by atoms with van der Waals surface area (Å²) in [6.45, 7) is 2.52. The Labute approximate surface area is 306 Å². The molecule has 4 aromatic carbocycles. The molecule has 0 bridgehead atoms. The summed E-state index contributed by atoms with van der Waals surface area (Å²) in [5.74, 6) is 1.51. The molecule has 0 radical (unpaired) electrons. The Morgan fingerprint density at radius 3 is 2.73 bits per heavy atom. The van der Waals surface area contributed by atoms with Gasteiger partial charge in [0, 0.05) is 32.7 Å². The summed E-state index contributed by atoms with van der Waals surface area (Å²) in [6, 6.07) is 28.5. The van der Waals surface area contributed by atoms with Gasteiger partial charge < -0.3 is 9.64 Å². The zero-order valence-corrected chi connectivity index (χ0v) is 31.3. The zero-order chi connectivity index (χ0) is 33.6. The maximum atomic E-state index is 6.81.